The number of aromatic amines is 1. The van der Waals surface area contributed by atoms with E-state index in [-0.39, 0.29) is 17.3 Å². The van der Waals surface area contributed by atoms with Gasteiger partial charge in [0.25, 0.3) is 5.91 Å². The van der Waals surface area contributed by atoms with Crippen molar-refractivity contribution in [3.63, 3.8) is 0 Å². The van der Waals surface area contributed by atoms with Crippen molar-refractivity contribution in [1.82, 2.24) is 4.98 Å². The zero-order valence-corrected chi connectivity index (χ0v) is 18.6. The second kappa shape index (κ2) is 8.84. The number of fused-ring (bicyclic) bond motifs is 1. The molecule has 0 atom stereocenters. The molecule has 1 aromatic heterocycles. The minimum atomic E-state index is -3.74. The van der Waals surface area contributed by atoms with E-state index in [2.05, 4.69) is 31.1 Å². The number of carbonyl (C=O) groups is 1. The first-order chi connectivity index (χ1) is 14.2. The zero-order chi connectivity index (χ0) is 21.9. The third kappa shape index (κ3) is 4.62. The molecule has 0 saturated heterocycles. The molecule has 0 saturated carbocycles. The van der Waals surface area contributed by atoms with Crippen molar-refractivity contribution in [2.24, 2.45) is 10.2 Å². The number of nitrogens with zero attached hydrogens (tertiary/aromatic N) is 3. The van der Waals surface area contributed by atoms with E-state index in [1.54, 1.807) is 42.5 Å². The van der Waals surface area contributed by atoms with E-state index in [0.29, 0.717) is 22.3 Å². The number of anilines is 1. The van der Waals surface area contributed by atoms with Gasteiger partial charge in [0.05, 0.1) is 24.1 Å². The van der Waals surface area contributed by atoms with Gasteiger partial charge in [-0.25, -0.2) is 8.42 Å². The number of aromatic nitrogens is 1. The predicted octanol–water partition coefficient (Wildman–Crippen LogP) is 4.11. The zero-order valence-electron chi connectivity index (χ0n) is 16.2. The van der Waals surface area contributed by atoms with Crippen molar-refractivity contribution in [3.05, 3.63) is 46.9 Å². The van der Waals surface area contributed by atoms with E-state index >= 15 is 0 Å². The Morgan fingerprint density at radius 1 is 1.23 bits per heavy atom. The Bertz CT molecular complexity index is 1210. The lowest BCUT2D eigenvalue weighted by molar-refractivity contribution is -0.116. The molecule has 0 aliphatic rings. The summed E-state index contributed by atoms with van der Waals surface area (Å²) in [6.07, 6.45) is 0. The van der Waals surface area contributed by atoms with Gasteiger partial charge in [-0.2, -0.15) is 0 Å². The Kier molecular flexibility index (Phi) is 6.42. The second-order valence-electron chi connectivity index (χ2n) is 6.21. The molecule has 1 amide bonds. The van der Waals surface area contributed by atoms with Crippen molar-refractivity contribution in [1.29, 1.82) is 0 Å². The fourth-order valence-corrected chi connectivity index (χ4v) is 4.17. The number of H-pyrrole nitrogens is 1. The highest BCUT2D eigenvalue weighted by atomic mass is 79.9. The van der Waals surface area contributed by atoms with Crippen LogP contribution in [0.2, 0.25) is 0 Å². The number of benzene rings is 2. The minimum absolute atomic E-state index is 0.0917. The Morgan fingerprint density at radius 3 is 2.57 bits per heavy atom. The van der Waals surface area contributed by atoms with Crippen LogP contribution in [0.3, 0.4) is 0 Å². The fraction of sp³-hybridized carbons (Fsp3) is 0.211. The van der Waals surface area contributed by atoms with Gasteiger partial charge in [-0.15, -0.1) is 10.2 Å². The summed E-state index contributed by atoms with van der Waals surface area (Å²) in [4.78, 5) is 15.2. The number of aromatic hydroxyl groups is 1. The van der Waals surface area contributed by atoms with Gasteiger partial charge in [0.1, 0.15) is 12.3 Å². The van der Waals surface area contributed by atoms with Crippen LogP contribution in [0, 0.1) is 0 Å². The summed E-state index contributed by atoms with van der Waals surface area (Å²) in [5.41, 5.74) is 1.01. The number of amides is 1. The summed E-state index contributed by atoms with van der Waals surface area (Å²) in [5, 5.41) is 18.1. The third-order valence-corrected chi connectivity index (χ3v) is 6.55. The topological polar surface area (TPSA) is 124 Å². The average molecular weight is 495 g/mol. The van der Waals surface area contributed by atoms with Crippen molar-refractivity contribution >= 4 is 54.1 Å². The number of halogens is 1. The maximum atomic E-state index is 12.5. The first kappa shape index (κ1) is 21.8. The van der Waals surface area contributed by atoms with Gasteiger partial charge in [-0.3, -0.25) is 9.10 Å². The van der Waals surface area contributed by atoms with Crippen LogP contribution in [0.1, 0.15) is 6.92 Å². The van der Waals surface area contributed by atoms with Crippen LogP contribution in [-0.4, -0.2) is 43.8 Å². The average Bonchev–Trinajstić information content (AvgIpc) is 3.04. The van der Waals surface area contributed by atoms with Crippen LogP contribution in [-0.2, 0) is 14.8 Å². The number of hydrogen-bond acceptors (Lipinski definition) is 6. The van der Waals surface area contributed by atoms with Crippen LogP contribution in [0.4, 0.5) is 11.4 Å². The first-order valence-electron chi connectivity index (χ1n) is 8.84. The van der Waals surface area contributed by atoms with Gasteiger partial charge in [0.2, 0.25) is 15.9 Å². The smallest absolute Gasteiger partial charge is 0.285 e. The Balaban J connectivity index is 1.88. The number of ether oxygens (including phenoxy) is 1. The van der Waals surface area contributed by atoms with Gasteiger partial charge in [0, 0.05) is 9.86 Å². The lowest BCUT2D eigenvalue weighted by Crippen LogP contribution is -2.36. The van der Waals surface area contributed by atoms with Crippen LogP contribution in [0.25, 0.3) is 10.9 Å². The van der Waals surface area contributed by atoms with Crippen molar-refractivity contribution in [2.75, 3.05) is 23.7 Å². The minimum Gasteiger partial charge on any atom is -0.497 e. The molecule has 3 rings (SSSR count). The van der Waals surface area contributed by atoms with E-state index in [9.17, 15) is 18.3 Å². The monoisotopic (exact) mass is 494 g/mol. The summed E-state index contributed by atoms with van der Waals surface area (Å²) in [6.45, 7) is 0.957. The van der Waals surface area contributed by atoms with Gasteiger partial charge in [0.15, 0.2) is 5.69 Å². The largest absolute Gasteiger partial charge is 0.497 e. The predicted molar refractivity (Wildman–Crippen MR) is 117 cm³/mol. The molecule has 0 aliphatic heterocycles. The summed E-state index contributed by atoms with van der Waals surface area (Å²) in [5.74, 6) is -0.667. The number of hydrogen-bond donors (Lipinski definition) is 2. The maximum absolute atomic E-state index is 12.5. The van der Waals surface area contributed by atoms with Crippen LogP contribution in [0.5, 0.6) is 11.6 Å². The van der Waals surface area contributed by atoms with E-state index in [1.807, 2.05) is 0 Å². The SMILES string of the molecule is CCS(=O)(=O)N(CC(=O)N=Nc1c(O)[nH]c2ccc(Br)cc12)c1ccc(OC)cc1. The molecule has 2 N–H and O–H groups in total. The molecule has 30 heavy (non-hydrogen) atoms. The Labute approximate surface area is 181 Å². The lowest BCUT2D eigenvalue weighted by atomic mass is 10.2. The van der Waals surface area contributed by atoms with Crippen molar-refractivity contribution in [3.8, 4) is 11.6 Å². The number of carbonyl (C=O) groups excluding carboxylic acids is 1. The van der Waals surface area contributed by atoms with Gasteiger partial charge in [-0.1, -0.05) is 15.9 Å². The van der Waals surface area contributed by atoms with Crippen LogP contribution >= 0.6 is 15.9 Å². The molecule has 1 heterocycles. The molecule has 0 fully saturated rings. The van der Waals surface area contributed by atoms with E-state index in [4.69, 9.17) is 4.74 Å². The van der Waals surface area contributed by atoms with Gasteiger partial charge >= 0.3 is 0 Å². The molecular formula is C19H19BrN4O5S. The van der Waals surface area contributed by atoms with Crippen LogP contribution < -0.4 is 9.04 Å². The molecule has 0 aliphatic carbocycles. The summed E-state index contributed by atoms with van der Waals surface area (Å²) in [6, 6.07) is 11.5. The molecule has 3 aromatic rings. The van der Waals surface area contributed by atoms with Gasteiger partial charge < -0.3 is 14.8 Å². The second-order valence-corrected chi connectivity index (χ2v) is 9.31. The summed E-state index contributed by atoms with van der Waals surface area (Å²) in [7, 11) is -2.24. The molecule has 11 heteroatoms. The van der Waals surface area contributed by atoms with Gasteiger partial charge in [-0.05, 0) is 49.4 Å². The molecule has 9 nitrogen and oxygen atoms in total. The highest BCUT2D eigenvalue weighted by molar-refractivity contribution is 9.10. The standard InChI is InChI=1S/C19H19BrN4O5S/c1-3-30(27,28)24(13-5-7-14(29-2)8-6-13)11-17(25)22-23-18-15-10-12(20)4-9-16(15)21-19(18)26/h4-10,21,26H,3,11H2,1-2H3. The van der Waals surface area contributed by atoms with Crippen LogP contribution in [0.15, 0.2) is 57.2 Å². The number of nitrogens with one attached hydrogen (secondary N) is 1. The maximum Gasteiger partial charge on any atom is 0.285 e. The molecule has 0 unspecified atom stereocenters. The highest BCUT2D eigenvalue weighted by Gasteiger charge is 2.24. The number of sulfonamides is 1. The molecule has 158 valence electrons. The highest BCUT2D eigenvalue weighted by Crippen LogP contribution is 2.36. The van der Waals surface area contributed by atoms with Crippen molar-refractivity contribution in [2.45, 2.75) is 6.92 Å². The third-order valence-electron chi connectivity index (χ3n) is 4.32. The van der Waals surface area contributed by atoms with Crippen molar-refractivity contribution < 1.29 is 23.1 Å². The summed E-state index contributed by atoms with van der Waals surface area (Å²) >= 11 is 3.34. The van der Waals surface area contributed by atoms with E-state index in [1.165, 1.54) is 14.0 Å². The number of methoxy groups -OCH3 is 1. The molecule has 0 bridgehead atoms. The Morgan fingerprint density at radius 2 is 1.93 bits per heavy atom. The molecular weight excluding hydrogens is 476 g/mol. The normalized spacial score (nSPS) is 11.8. The number of rotatable bonds is 7. The molecule has 0 radical (unpaired) electrons. The van der Waals surface area contributed by atoms with E-state index in [0.717, 1.165) is 8.78 Å². The Hall–Kier alpha value is -2.92. The summed E-state index contributed by atoms with van der Waals surface area (Å²) < 4.78 is 31.8. The molecule has 2 aromatic carbocycles. The lowest BCUT2D eigenvalue weighted by Gasteiger charge is -2.22. The van der Waals surface area contributed by atoms with E-state index < -0.39 is 22.5 Å². The fourth-order valence-electron chi connectivity index (χ4n) is 2.75. The quantitative estimate of drug-likeness (QED) is 0.478. The number of azo groups is 1. The first-order valence-corrected chi connectivity index (χ1v) is 11.2. The molecule has 0 spiro atoms.